The first kappa shape index (κ1) is 9.06. The molecule has 0 fully saturated rings. The predicted molar refractivity (Wildman–Crippen MR) is 47.5 cm³/mol. The van der Waals surface area contributed by atoms with Gasteiger partial charge in [-0.1, -0.05) is 6.07 Å². The van der Waals surface area contributed by atoms with Crippen molar-refractivity contribution < 1.29 is 10.0 Å². The summed E-state index contributed by atoms with van der Waals surface area (Å²) in [7, 11) is 0. The van der Waals surface area contributed by atoms with Crippen LogP contribution in [0.3, 0.4) is 0 Å². The van der Waals surface area contributed by atoms with Gasteiger partial charge in [-0.15, -0.1) is 5.10 Å². The van der Waals surface area contributed by atoms with Gasteiger partial charge in [0.25, 0.3) is 5.69 Å². The van der Waals surface area contributed by atoms with Gasteiger partial charge in [0, 0.05) is 6.07 Å². The Morgan fingerprint density at radius 3 is 2.87 bits per heavy atom. The van der Waals surface area contributed by atoms with E-state index in [0.29, 0.717) is 0 Å². The maximum Gasteiger partial charge on any atom is 0.298 e. The smallest absolute Gasteiger partial charge is 0.298 e. The minimum absolute atomic E-state index is 0.0486. The molecule has 0 amide bonds. The van der Waals surface area contributed by atoms with Crippen molar-refractivity contribution in [1.82, 2.24) is 20.2 Å². The summed E-state index contributed by atoms with van der Waals surface area (Å²) in [6.45, 7) is 0. The van der Waals surface area contributed by atoms with E-state index < -0.39 is 4.92 Å². The summed E-state index contributed by atoms with van der Waals surface area (Å²) >= 11 is 0. The summed E-state index contributed by atoms with van der Waals surface area (Å²) in [4.78, 5) is 10.1. The van der Waals surface area contributed by atoms with Crippen LogP contribution in [0, 0.1) is 10.1 Å². The number of tetrazole rings is 1. The Morgan fingerprint density at radius 2 is 2.27 bits per heavy atom. The molecule has 0 saturated carbocycles. The van der Waals surface area contributed by atoms with Gasteiger partial charge in [-0.25, -0.2) is 0 Å². The number of aromatic hydroxyl groups is 1. The Morgan fingerprint density at radius 1 is 1.47 bits per heavy atom. The van der Waals surface area contributed by atoms with Crippen LogP contribution >= 0.6 is 0 Å². The number of hydrogen-bond acceptors (Lipinski definition) is 6. The third kappa shape index (κ3) is 1.47. The van der Waals surface area contributed by atoms with Gasteiger partial charge in [0.2, 0.25) is 0 Å². The average Bonchev–Trinajstić information content (AvgIpc) is 2.70. The Hall–Kier alpha value is -2.51. The zero-order valence-corrected chi connectivity index (χ0v) is 7.31. The van der Waals surface area contributed by atoms with Gasteiger partial charge in [-0.2, -0.15) is 4.68 Å². The topological polar surface area (TPSA) is 107 Å². The van der Waals surface area contributed by atoms with Gasteiger partial charge in [-0.05, 0) is 16.5 Å². The molecule has 1 aromatic carbocycles. The Kier molecular flexibility index (Phi) is 2.01. The zero-order chi connectivity index (χ0) is 10.8. The molecule has 0 aliphatic heterocycles. The second kappa shape index (κ2) is 3.33. The molecule has 1 aromatic heterocycles. The molecule has 1 heterocycles. The lowest BCUT2D eigenvalue weighted by molar-refractivity contribution is -0.384. The van der Waals surface area contributed by atoms with E-state index in [1.165, 1.54) is 24.5 Å². The fourth-order valence-corrected chi connectivity index (χ4v) is 1.17. The van der Waals surface area contributed by atoms with Gasteiger partial charge in [-0.3, -0.25) is 10.1 Å². The molecule has 1 N–H and O–H groups in total. The van der Waals surface area contributed by atoms with E-state index in [9.17, 15) is 15.2 Å². The zero-order valence-electron chi connectivity index (χ0n) is 7.31. The SMILES string of the molecule is O=[N+]([O-])c1cccc(O)c1-n1cnnn1. The molecule has 0 radical (unpaired) electrons. The highest BCUT2D eigenvalue weighted by atomic mass is 16.6. The third-order valence-corrected chi connectivity index (χ3v) is 1.77. The lowest BCUT2D eigenvalue weighted by Crippen LogP contribution is -2.01. The number of nitro groups is 1. The fourth-order valence-electron chi connectivity index (χ4n) is 1.17. The molecule has 0 bridgehead atoms. The number of rotatable bonds is 2. The van der Waals surface area contributed by atoms with Gasteiger partial charge in [0.15, 0.2) is 5.69 Å². The molecule has 76 valence electrons. The van der Waals surface area contributed by atoms with Crippen molar-refractivity contribution in [3.63, 3.8) is 0 Å². The predicted octanol–water partition coefficient (Wildman–Crippen LogP) is 0.276. The fraction of sp³-hybridized carbons (Fsp3) is 0. The maximum absolute atomic E-state index is 10.7. The molecular formula is C7H5N5O3. The molecule has 0 aliphatic carbocycles. The number of aromatic nitrogens is 4. The number of para-hydroxylation sites is 1. The summed E-state index contributed by atoms with van der Waals surface area (Å²) < 4.78 is 1.04. The molecule has 8 heteroatoms. The molecule has 8 nitrogen and oxygen atoms in total. The molecule has 0 unspecified atom stereocenters. The molecule has 15 heavy (non-hydrogen) atoms. The van der Waals surface area contributed by atoms with Crippen LogP contribution in [-0.4, -0.2) is 30.2 Å². The minimum Gasteiger partial charge on any atom is -0.505 e. The number of nitro benzene ring substituents is 1. The molecule has 0 saturated heterocycles. The quantitative estimate of drug-likeness (QED) is 0.559. The van der Waals surface area contributed by atoms with Crippen molar-refractivity contribution in [2.45, 2.75) is 0 Å². The number of benzene rings is 1. The van der Waals surface area contributed by atoms with Crippen LogP contribution in [0.4, 0.5) is 5.69 Å². The lowest BCUT2D eigenvalue weighted by Gasteiger charge is -2.02. The largest absolute Gasteiger partial charge is 0.505 e. The van der Waals surface area contributed by atoms with Crippen LogP contribution < -0.4 is 0 Å². The van der Waals surface area contributed by atoms with Crippen LogP contribution in [0.5, 0.6) is 5.75 Å². The van der Waals surface area contributed by atoms with Crippen molar-refractivity contribution >= 4 is 5.69 Å². The van der Waals surface area contributed by atoms with Crippen molar-refractivity contribution in [2.24, 2.45) is 0 Å². The number of phenolic OH excluding ortho intramolecular Hbond substituents is 1. The van der Waals surface area contributed by atoms with E-state index >= 15 is 0 Å². The summed E-state index contributed by atoms with van der Waals surface area (Å²) in [5.74, 6) is -0.253. The Bertz CT molecular complexity index is 495. The third-order valence-electron chi connectivity index (χ3n) is 1.77. The molecule has 0 spiro atoms. The molecule has 2 aromatic rings. The highest BCUT2D eigenvalue weighted by molar-refractivity contribution is 5.59. The van der Waals surface area contributed by atoms with Gasteiger partial charge < -0.3 is 5.11 Å². The minimum atomic E-state index is -0.614. The molecule has 0 atom stereocenters. The second-order valence-corrected chi connectivity index (χ2v) is 2.66. The van der Waals surface area contributed by atoms with Gasteiger partial charge >= 0.3 is 0 Å². The van der Waals surface area contributed by atoms with Gasteiger partial charge in [0.05, 0.1) is 4.92 Å². The van der Waals surface area contributed by atoms with E-state index in [0.717, 1.165) is 4.68 Å². The summed E-state index contributed by atoms with van der Waals surface area (Å²) in [6.07, 6.45) is 1.17. The van der Waals surface area contributed by atoms with Crippen molar-refractivity contribution in [3.8, 4) is 11.4 Å². The molecule has 2 rings (SSSR count). The van der Waals surface area contributed by atoms with E-state index in [1.54, 1.807) is 0 Å². The highest BCUT2D eigenvalue weighted by Crippen LogP contribution is 2.29. The van der Waals surface area contributed by atoms with Crippen molar-refractivity contribution in [2.75, 3.05) is 0 Å². The first-order valence-electron chi connectivity index (χ1n) is 3.90. The van der Waals surface area contributed by atoms with Gasteiger partial charge in [0.1, 0.15) is 12.1 Å². The monoisotopic (exact) mass is 207 g/mol. The van der Waals surface area contributed by atoms with E-state index in [1.807, 2.05) is 0 Å². The standard InChI is InChI=1S/C7H5N5O3/c13-6-3-1-2-5(12(14)15)7(6)11-4-8-9-10-11/h1-4,13H. The van der Waals surface area contributed by atoms with E-state index in [4.69, 9.17) is 0 Å². The molecular weight excluding hydrogens is 202 g/mol. The van der Waals surface area contributed by atoms with E-state index in [2.05, 4.69) is 15.5 Å². The lowest BCUT2D eigenvalue weighted by atomic mass is 10.2. The normalized spacial score (nSPS) is 10.1. The average molecular weight is 207 g/mol. The van der Waals surface area contributed by atoms with Crippen molar-refractivity contribution in [3.05, 3.63) is 34.6 Å². The highest BCUT2D eigenvalue weighted by Gasteiger charge is 2.19. The number of phenols is 1. The Labute approximate surface area is 82.9 Å². The Balaban J connectivity index is 2.68. The number of hydrogen-bond donors (Lipinski definition) is 1. The molecule has 0 aliphatic rings. The first-order valence-corrected chi connectivity index (χ1v) is 3.90. The van der Waals surface area contributed by atoms with Crippen LogP contribution in [0.1, 0.15) is 0 Å². The maximum atomic E-state index is 10.7. The van der Waals surface area contributed by atoms with Crippen LogP contribution in [0.2, 0.25) is 0 Å². The van der Waals surface area contributed by atoms with Crippen LogP contribution in [-0.2, 0) is 0 Å². The van der Waals surface area contributed by atoms with Crippen molar-refractivity contribution in [1.29, 1.82) is 0 Å². The first-order chi connectivity index (χ1) is 7.20. The van der Waals surface area contributed by atoms with E-state index in [-0.39, 0.29) is 17.1 Å². The summed E-state index contributed by atoms with van der Waals surface area (Å²) in [6, 6.07) is 3.96. The number of nitrogens with zero attached hydrogens (tertiary/aromatic N) is 5. The van der Waals surface area contributed by atoms with Crippen LogP contribution in [0.25, 0.3) is 5.69 Å². The van der Waals surface area contributed by atoms with Crippen LogP contribution in [0.15, 0.2) is 24.5 Å². The summed E-state index contributed by atoms with van der Waals surface area (Å²) in [5, 5.41) is 30.3. The summed E-state index contributed by atoms with van der Waals surface area (Å²) in [5.41, 5.74) is -0.310. The second-order valence-electron chi connectivity index (χ2n) is 2.66.